The first-order valence-corrected chi connectivity index (χ1v) is 10.4. The standard InChI is InChI=1S/C24H28N2O4/c1-5-8-21(27)18-11-12-22-20(14-18)26(24(29)17(4)30-22)15-23(28)25(6-2)19-10-7-9-16(3)13-19/h7,9-14,17H,5-6,8,15H2,1-4H3. The molecule has 2 amide bonds. The van der Waals surface area contributed by atoms with Crippen molar-refractivity contribution in [3.8, 4) is 5.75 Å². The average Bonchev–Trinajstić information content (AvgIpc) is 2.72. The van der Waals surface area contributed by atoms with Gasteiger partial charge in [0, 0.05) is 24.2 Å². The number of rotatable bonds is 7. The summed E-state index contributed by atoms with van der Waals surface area (Å²) in [6.45, 7) is 7.85. The Hall–Kier alpha value is -3.15. The van der Waals surface area contributed by atoms with Crippen LogP contribution in [0.5, 0.6) is 5.75 Å². The van der Waals surface area contributed by atoms with E-state index in [0.717, 1.165) is 17.7 Å². The third kappa shape index (κ3) is 4.37. The topological polar surface area (TPSA) is 66.9 Å². The number of hydrogen-bond donors (Lipinski definition) is 0. The number of likely N-dealkylation sites (N-methyl/N-ethyl adjacent to an activating group) is 1. The van der Waals surface area contributed by atoms with Gasteiger partial charge in [-0.3, -0.25) is 19.3 Å². The number of carbonyl (C=O) groups is 3. The Kier molecular flexibility index (Phi) is 6.55. The number of Topliss-reactive ketones (excluding diaryl/α,β-unsaturated/α-hetero) is 1. The average molecular weight is 408 g/mol. The van der Waals surface area contributed by atoms with Crippen molar-refractivity contribution >= 4 is 29.0 Å². The van der Waals surface area contributed by atoms with Crippen molar-refractivity contribution in [2.75, 3.05) is 22.9 Å². The number of benzene rings is 2. The Morgan fingerprint density at radius 1 is 1.13 bits per heavy atom. The number of amides is 2. The lowest BCUT2D eigenvalue weighted by atomic mass is 10.0. The number of ether oxygens (including phenoxy) is 1. The van der Waals surface area contributed by atoms with Gasteiger partial charge >= 0.3 is 0 Å². The van der Waals surface area contributed by atoms with Gasteiger partial charge in [0.1, 0.15) is 12.3 Å². The maximum Gasteiger partial charge on any atom is 0.268 e. The number of anilines is 2. The summed E-state index contributed by atoms with van der Waals surface area (Å²) in [4.78, 5) is 41.5. The molecule has 1 heterocycles. The van der Waals surface area contributed by atoms with Crippen LogP contribution in [0.1, 0.15) is 49.5 Å². The molecule has 0 fully saturated rings. The predicted octanol–water partition coefficient (Wildman–Crippen LogP) is 4.14. The van der Waals surface area contributed by atoms with E-state index in [9.17, 15) is 14.4 Å². The van der Waals surface area contributed by atoms with Crippen LogP contribution in [0.3, 0.4) is 0 Å². The van der Waals surface area contributed by atoms with E-state index in [1.54, 1.807) is 30.0 Å². The van der Waals surface area contributed by atoms with Crippen LogP contribution < -0.4 is 14.5 Å². The zero-order chi connectivity index (χ0) is 21.8. The molecule has 6 heteroatoms. The second kappa shape index (κ2) is 9.11. The molecule has 0 aromatic heterocycles. The van der Waals surface area contributed by atoms with Crippen molar-refractivity contribution < 1.29 is 19.1 Å². The number of carbonyl (C=O) groups excluding carboxylic acids is 3. The highest BCUT2D eigenvalue weighted by atomic mass is 16.5. The summed E-state index contributed by atoms with van der Waals surface area (Å²) in [5.74, 6) is 0.0205. The summed E-state index contributed by atoms with van der Waals surface area (Å²) in [6, 6.07) is 12.8. The first-order chi connectivity index (χ1) is 14.3. The minimum Gasteiger partial charge on any atom is -0.479 e. The largest absolute Gasteiger partial charge is 0.479 e. The lowest BCUT2D eigenvalue weighted by molar-refractivity contribution is -0.127. The first-order valence-electron chi connectivity index (χ1n) is 10.4. The van der Waals surface area contributed by atoms with Crippen LogP contribution in [0.25, 0.3) is 0 Å². The first kappa shape index (κ1) is 21.6. The zero-order valence-electron chi connectivity index (χ0n) is 18.0. The molecular formula is C24H28N2O4. The number of aryl methyl sites for hydroxylation is 1. The van der Waals surface area contributed by atoms with Gasteiger partial charge in [0.2, 0.25) is 5.91 Å². The Morgan fingerprint density at radius 3 is 2.57 bits per heavy atom. The summed E-state index contributed by atoms with van der Waals surface area (Å²) in [7, 11) is 0. The molecule has 0 spiro atoms. The maximum atomic E-state index is 13.2. The fourth-order valence-electron chi connectivity index (χ4n) is 3.63. The van der Waals surface area contributed by atoms with Crippen LogP contribution in [-0.4, -0.2) is 36.8 Å². The fourth-order valence-corrected chi connectivity index (χ4v) is 3.63. The van der Waals surface area contributed by atoms with Gasteiger partial charge in [-0.05, 0) is 63.1 Å². The molecule has 3 rings (SSSR count). The van der Waals surface area contributed by atoms with E-state index in [1.165, 1.54) is 4.90 Å². The van der Waals surface area contributed by atoms with Crippen LogP contribution in [0.15, 0.2) is 42.5 Å². The van der Waals surface area contributed by atoms with E-state index in [4.69, 9.17) is 4.74 Å². The highest BCUT2D eigenvalue weighted by Gasteiger charge is 2.34. The van der Waals surface area contributed by atoms with Crippen molar-refractivity contribution in [1.29, 1.82) is 0 Å². The third-order valence-corrected chi connectivity index (χ3v) is 5.19. The second-order valence-corrected chi connectivity index (χ2v) is 7.52. The van der Waals surface area contributed by atoms with Crippen molar-refractivity contribution in [1.82, 2.24) is 0 Å². The van der Waals surface area contributed by atoms with Crippen LogP contribution >= 0.6 is 0 Å². The minimum absolute atomic E-state index is 0.00703. The van der Waals surface area contributed by atoms with Gasteiger partial charge < -0.3 is 9.64 Å². The molecule has 0 aliphatic carbocycles. The normalized spacial score (nSPS) is 15.4. The van der Waals surface area contributed by atoms with Gasteiger partial charge in [0.05, 0.1) is 5.69 Å². The molecule has 1 aliphatic rings. The lowest BCUT2D eigenvalue weighted by Crippen LogP contribution is -2.49. The van der Waals surface area contributed by atoms with E-state index in [1.807, 2.05) is 45.0 Å². The molecule has 6 nitrogen and oxygen atoms in total. The maximum absolute atomic E-state index is 13.2. The van der Waals surface area contributed by atoms with Gasteiger partial charge in [-0.2, -0.15) is 0 Å². The summed E-state index contributed by atoms with van der Waals surface area (Å²) in [6.07, 6.45) is 0.475. The number of hydrogen-bond acceptors (Lipinski definition) is 4. The number of nitrogens with zero attached hydrogens (tertiary/aromatic N) is 2. The third-order valence-electron chi connectivity index (χ3n) is 5.19. The summed E-state index contributed by atoms with van der Waals surface area (Å²) in [5.41, 5.74) is 2.83. The molecule has 0 radical (unpaired) electrons. The van der Waals surface area contributed by atoms with Gasteiger partial charge in [-0.1, -0.05) is 19.1 Å². The predicted molar refractivity (Wildman–Crippen MR) is 117 cm³/mol. The van der Waals surface area contributed by atoms with Crippen molar-refractivity contribution in [3.63, 3.8) is 0 Å². The quantitative estimate of drug-likeness (QED) is 0.646. The molecule has 1 aliphatic heterocycles. The van der Waals surface area contributed by atoms with E-state index < -0.39 is 6.10 Å². The fraction of sp³-hybridized carbons (Fsp3) is 0.375. The summed E-state index contributed by atoms with van der Waals surface area (Å²) in [5, 5.41) is 0. The Morgan fingerprint density at radius 2 is 1.90 bits per heavy atom. The molecular weight excluding hydrogens is 380 g/mol. The van der Waals surface area contributed by atoms with E-state index in [2.05, 4.69) is 0 Å². The van der Waals surface area contributed by atoms with Crippen molar-refractivity contribution in [3.05, 3.63) is 53.6 Å². The van der Waals surface area contributed by atoms with Crippen LogP contribution in [0.4, 0.5) is 11.4 Å². The molecule has 0 saturated heterocycles. The molecule has 158 valence electrons. The van der Waals surface area contributed by atoms with E-state index in [0.29, 0.717) is 30.0 Å². The molecule has 0 saturated carbocycles. The van der Waals surface area contributed by atoms with E-state index >= 15 is 0 Å². The van der Waals surface area contributed by atoms with Crippen molar-refractivity contribution in [2.24, 2.45) is 0 Å². The zero-order valence-corrected chi connectivity index (χ0v) is 18.0. The van der Waals surface area contributed by atoms with Gasteiger partial charge in [-0.15, -0.1) is 0 Å². The monoisotopic (exact) mass is 408 g/mol. The highest BCUT2D eigenvalue weighted by molar-refractivity contribution is 6.08. The van der Waals surface area contributed by atoms with Gasteiger partial charge in [0.15, 0.2) is 11.9 Å². The second-order valence-electron chi connectivity index (χ2n) is 7.52. The highest BCUT2D eigenvalue weighted by Crippen LogP contribution is 2.35. The molecule has 2 aromatic rings. The number of fused-ring (bicyclic) bond motifs is 1. The lowest BCUT2D eigenvalue weighted by Gasteiger charge is -2.34. The van der Waals surface area contributed by atoms with Crippen LogP contribution in [0, 0.1) is 6.92 Å². The van der Waals surface area contributed by atoms with Crippen LogP contribution in [0.2, 0.25) is 0 Å². The van der Waals surface area contributed by atoms with Gasteiger partial charge in [-0.25, -0.2) is 0 Å². The number of ketones is 1. The Bertz CT molecular complexity index is 969. The molecule has 1 unspecified atom stereocenters. The molecule has 2 aromatic carbocycles. The molecule has 1 atom stereocenters. The van der Waals surface area contributed by atoms with Gasteiger partial charge in [0.25, 0.3) is 5.91 Å². The smallest absolute Gasteiger partial charge is 0.268 e. The van der Waals surface area contributed by atoms with E-state index in [-0.39, 0.29) is 24.1 Å². The Balaban J connectivity index is 1.92. The molecule has 0 N–H and O–H groups in total. The SMILES string of the molecule is CCCC(=O)c1ccc2c(c1)N(CC(=O)N(CC)c1cccc(C)c1)C(=O)C(C)O2. The summed E-state index contributed by atoms with van der Waals surface area (Å²) >= 11 is 0. The molecule has 30 heavy (non-hydrogen) atoms. The summed E-state index contributed by atoms with van der Waals surface area (Å²) < 4.78 is 5.71. The molecule has 0 bridgehead atoms. The van der Waals surface area contributed by atoms with Crippen LogP contribution in [-0.2, 0) is 9.59 Å². The van der Waals surface area contributed by atoms with Crippen molar-refractivity contribution in [2.45, 2.75) is 46.6 Å². The minimum atomic E-state index is -0.698. The Labute approximate surface area is 177 Å².